The van der Waals surface area contributed by atoms with Crippen molar-refractivity contribution < 1.29 is 4.74 Å². The second-order valence-corrected chi connectivity index (χ2v) is 5.18. The Morgan fingerprint density at radius 2 is 2.00 bits per heavy atom. The van der Waals surface area contributed by atoms with E-state index < -0.39 is 0 Å². The number of benzene rings is 1. The predicted octanol–water partition coefficient (Wildman–Crippen LogP) is 3.27. The van der Waals surface area contributed by atoms with Gasteiger partial charge in [0.1, 0.15) is 11.9 Å². The quantitative estimate of drug-likeness (QED) is 0.850. The van der Waals surface area contributed by atoms with Crippen LogP contribution in [0, 0.1) is 0 Å². The molecule has 100 valence electrons. The lowest BCUT2D eigenvalue weighted by Gasteiger charge is -2.23. The molecule has 0 aliphatic heterocycles. The Morgan fingerprint density at radius 3 is 2.63 bits per heavy atom. The van der Waals surface area contributed by atoms with Gasteiger partial charge >= 0.3 is 0 Å². The Balaban J connectivity index is 2.27. The third kappa shape index (κ3) is 3.49. The predicted molar refractivity (Wildman–Crippen MR) is 79.5 cm³/mol. The number of nitrogens with zero attached hydrogens (tertiary/aromatic N) is 1. The first-order valence-corrected chi connectivity index (χ1v) is 7.40. The summed E-state index contributed by atoms with van der Waals surface area (Å²) in [5.74, 6) is 0.862. The van der Waals surface area contributed by atoms with Crippen molar-refractivity contribution in [1.82, 2.24) is 4.98 Å². The summed E-state index contributed by atoms with van der Waals surface area (Å²) in [6, 6.07) is 11.8. The molecule has 2 rings (SSSR count). The highest BCUT2D eigenvalue weighted by molar-refractivity contribution is 7.98. The number of rotatable bonds is 5. The molecule has 0 radical (unpaired) electrons. The summed E-state index contributed by atoms with van der Waals surface area (Å²) in [7, 11) is 0. The fourth-order valence-electron chi connectivity index (χ4n) is 1.88. The minimum absolute atomic E-state index is 0.112. The molecule has 4 heteroatoms. The summed E-state index contributed by atoms with van der Waals surface area (Å²) >= 11 is 1.66. The zero-order valence-corrected chi connectivity index (χ0v) is 11.9. The van der Waals surface area contributed by atoms with Gasteiger partial charge in [-0.2, -0.15) is 0 Å². The number of hydrogen-bond acceptors (Lipinski definition) is 4. The van der Waals surface area contributed by atoms with Crippen LogP contribution in [0.4, 0.5) is 0 Å². The first kappa shape index (κ1) is 13.9. The van der Waals surface area contributed by atoms with Gasteiger partial charge in [-0.15, -0.1) is 11.8 Å². The maximum atomic E-state index is 6.10. The van der Waals surface area contributed by atoms with E-state index >= 15 is 0 Å². The Bertz CT molecular complexity index is 517. The van der Waals surface area contributed by atoms with Crippen LogP contribution in [-0.2, 0) is 0 Å². The van der Waals surface area contributed by atoms with E-state index in [0.29, 0.717) is 0 Å². The molecule has 2 unspecified atom stereocenters. The van der Waals surface area contributed by atoms with Gasteiger partial charge in [0.15, 0.2) is 0 Å². The molecule has 2 aromatic rings. The first-order valence-electron chi connectivity index (χ1n) is 6.17. The molecule has 19 heavy (non-hydrogen) atoms. The van der Waals surface area contributed by atoms with Crippen molar-refractivity contribution in [2.24, 2.45) is 5.73 Å². The number of ether oxygens (including phenoxy) is 1. The smallest absolute Gasteiger partial charge is 0.140 e. The Kier molecular flexibility index (Phi) is 4.82. The largest absolute Gasteiger partial charge is 0.483 e. The van der Waals surface area contributed by atoms with E-state index in [1.165, 1.54) is 0 Å². The second kappa shape index (κ2) is 6.59. The highest BCUT2D eigenvalue weighted by Crippen LogP contribution is 2.31. The average molecular weight is 274 g/mol. The van der Waals surface area contributed by atoms with E-state index in [0.717, 1.165) is 16.2 Å². The van der Waals surface area contributed by atoms with Crippen LogP contribution in [0.1, 0.15) is 18.6 Å². The molecule has 0 saturated heterocycles. The molecule has 2 N–H and O–H groups in total. The highest BCUT2D eigenvalue weighted by atomic mass is 32.2. The summed E-state index contributed by atoms with van der Waals surface area (Å²) in [5, 5.41) is 0. The van der Waals surface area contributed by atoms with E-state index in [1.54, 1.807) is 24.2 Å². The highest BCUT2D eigenvalue weighted by Gasteiger charge is 2.19. The third-order valence-electron chi connectivity index (χ3n) is 2.81. The summed E-state index contributed by atoms with van der Waals surface area (Å²) in [6.45, 7) is 1.94. The van der Waals surface area contributed by atoms with Crippen molar-refractivity contribution in [1.29, 1.82) is 0 Å². The molecule has 2 atom stereocenters. The normalized spacial score (nSPS) is 13.8. The van der Waals surface area contributed by atoms with Crippen molar-refractivity contribution in [2.45, 2.75) is 24.0 Å². The van der Waals surface area contributed by atoms with Gasteiger partial charge in [-0.3, -0.25) is 4.98 Å². The second-order valence-electron chi connectivity index (χ2n) is 4.33. The molecular formula is C15H18N2OS. The first-order chi connectivity index (χ1) is 9.22. The minimum atomic E-state index is -0.193. The van der Waals surface area contributed by atoms with Crippen molar-refractivity contribution in [3.63, 3.8) is 0 Å². The zero-order valence-electron chi connectivity index (χ0n) is 11.1. The lowest BCUT2D eigenvalue weighted by atomic mass is 10.1. The molecule has 0 aliphatic rings. The van der Waals surface area contributed by atoms with E-state index in [9.17, 15) is 0 Å². The van der Waals surface area contributed by atoms with Crippen LogP contribution in [0.15, 0.2) is 53.7 Å². The fourth-order valence-corrected chi connectivity index (χ4v) is 2.41. The molecule has 1 aromatic carbocycles. The molecule has 0 amide bonds. The summed E-state index contributed by atoms with van der Waals surface area (Å²) in [5.41, 5.74) is 7.04. The van der Waals surface area contributed by atoms with Gasteiger partial charge < -0.3 is 10.5 Å². The lowest BCUT2D eigenvalue weighted by molar-refractivity contribution is 0.175. The molecule has 0 bridgehead atoms. The molecule has 0 spiro atoms. The summed E-state index contributed by atoms with van der Waals surface area (Å²) in [6.07, 6.45) is 5.39. The van der Waals surface area contributed by atoms with Crippen molar-refractivity contribution in [2.75, 3.05) is 6.26 Å². The van der Waals surface area contributed by atoms with E-state index in [-0.39, 0.29) is 12.1 Å². The number of thioether (sulfide) groups is 1. The van der Waals surface area contributed by atoms with E-state index in [1.807, 2.05) is 49.6 Å². The number of hydrogen-bond donors (Lipinski definition) is 1. The van der Waals surface area contributed by atoms with Crippen LogP contribution in [0.5, 0.6) is 5.75 Å². The zero-order chi connectivity index (χ0) is 13.7. The van der Waals surface area contributed by atoms with Crippen LogP contribution < -0.4 is 10.5 Å². The fraction of sp³-hybridized carbons (Fsp3) is 0.267. The number of para-hydroxylation sites is 1. The maximum Gasteiger partial charge on any atom is 0.140 e. The van der Waals surface area contributed by atoms with Gasteiger partial charge in [0.2, 0.25) is 0 Å². The van der Waals surface area contributed by atoms with Crippen molar-refractivity contribution >= 4 is 11.8 Å². The van der Waals surface area contributed by atoms with E-state index in [2.05, 4.69) is 4.98 Å². The molecule has 1 aromatic heterocycles. The van der Waals surface area contributed by atoms with Crippen LogP contribution in [0.25, 0.3) is 0 Å². The lowest BCUT2D eigenvalue weighted by Crippen LogP contribution is -2.29. The summed E-state index contributed by atoms with van der Waals surface area (Å²) < 4.78 is 6.10. The van der Waals surface area contributed by atoms with Crippen LogP contribution in [-0.4, -0.2) is 17.3 Å². The van der Waals surface area contributed by atoms with E-state index in [4.69, 9.17) is 10.5 Å². The minimum Gasteiger partial charge on any atom is -0.483 e. The maximum absolute atomic E-state index is 6.10. The number of nitrogens with two attached hydrogens (primary N) is 1. The average Bonchev–Trinajstić information content (AvgIpc) is 2.45. The van der Waals surface area contributed by atoms with Crippen LogP contribution >= 0.6 is 11.8 Å². The van der Waals surface area contributed by atoms with Gasteiger partial charge in [0.25, 0.3) is 0 Å². The molecule has 0 saturated carbocycles. The van der Waals surface area contributed by atoms with Crippen molar-refractivity contribution in [3.05, 3.63) is 54.4 Å². The SMILES string of the molecule is CSc1ccccc1OC(c1cccnc1)C(C)N. The number of pyridine rings is 1. The van der Waals surface area contributed by atoms with Gasteiger partial charge in [-0.25, -0.2) is 0 Å². The molecule has 0 aliphatic carbocycles. The Hall–Kier alpha value is -1.52. The molecular weight excluding hydrogens is 256 g/mol. The molecule has 3 nitrogen and oxygen atoms in total. The molecule has 0 fully saturated rings. The third-order valence-corrected chi connectivity index (χ3v) is 3.59. The van der Waals surface area contributed by atoms with Crippen LogP contribution in [0.2, 0.25) is 0 Å². The van der Waals surface area contributed by atoms with Crippen molar-refractivity contribution in [3.8, 4) is 5.75 Å². The standard InChI is InChI=1S/C15H18N2OS/c1-11(16)15(12-6-5-9-17-10-12)18-13-7-3-4-8-14(13)19-2/h3-11,15H,16H2,1-2H3. The topological polar surface area (TPSA) is 48.1 Å². The van der Waals surface area contributed by atoms with Gasteiger partial charge in [0.05, 0.1) is 0 Å². The van der Waals surface area contributed by atoms with Crippen LogP contribution in [0.3, 0.4) is 0 Å². The summed E-state index contributed by atoms with van der Waals surface area (Å²) in [4.78, 5) is 5.24. The number of aromatic nitrogens is 1. The Morgan fingerprint density at radius 1 is 1.21 bits per heavy atom. The monoisotopic (exact) mass is 274 g/mol. The van der Waals surface area contributed by atoms with Gasteiger partial charge in [-0.05, 0) is 31.4 Å². The Labute approximate surface area is 118 Å². The molecule has 1 heterocycles. The van der Waals surface area contributed by atoms with Gasteiger partial charge in [0, 0.05) is 28.9 Å². The van der Waals surface area contributed by atoms with Gasteiger partial charge in [-0.1, -0.05) is 18.2 Å².